The van der Waals surface area contributed by atoms with Gasteiger partial charge in [0.15, 0.2) is 5.78 Å². The second-order valence-corrected chi connectivity index (χ2v) is 8.33. The summed E-state index contributed by atoms with van der Waals surface area (Å²) in [7, 11) is -4.58. The number of carbonyl (C=O) groups excluding carboxylic acids is 1. The molecule has 0 aromatic heterocycles. The van der Waals surface area contributed by atoms with E-state index in [-0.39, 0.29) is 46.8 Å². The summed E-state index contributed by atoms with van der Waals surface area (Å²) in [4.78, 5) is 24.5. The second-order valence-electron chi connectivity index (χ2n) is 7.07. The molecular weight excluding hydrogens is 422 g/mol. The van der Waals surface area contributed by atoms with Crippen molar-refractivity contribution >= 4 is 13.6 Å². The number of carbonyl (C=O) groups is 1. The summed E-state index contributed by atoms with van der Waals surface area (Å²) in [6.07, 6.45) is 1.71. The summed E-state index contributed by atoms with van der Waals surface area (Å²) < 4.78 is 22.5. The zero-order valence-electron chi connectivity index (χ0n) is 18.0. The summed E-state index contributed by atoms with van der Waals surface area (Å²) in [5.41, 5.74) is 3.50. The number of hydrogen-bond donors (Lipinski definition) is 0. The van der Waals surface area contributed by atoms with E-state index in [1.807, 2.05) is 38.1 Å². The molecule has 1 atom stereocenters. The molecule has 0 heterocycles. The third-order valence-corrected chi connectivity index (χ3v) is 5.48. The molecule has 0 radical (unpaired) electrons. The minimum atomic E-state index is -4.58. The van der Waals surface area contributed by atoms with Crippen molar-refractivity contribution in [2.75, 3.05) is 0 Å². The van der Waals surface area contributed by atoms with Crippen LogP contribution in [-0.2, 0) is 17.4 Å². The fourth-order valence-electron chi connectivity index (χ4n) is 3.10. The maximum atomic E-state index is 12.3. The van der Waals surface area contributed by atoms with E-state index in [9.17, 15) is 14.3 Å². The molecule has 0 aliphatic heterocycles. The molecule has 3 aromatic rings. The van der Waals surface area contributed by atoms with Gasteiger partial charge in [0.05, 0.1) is 0 Å². The normalized spacial score (nSPS) is 12.4. The smallest absolute Gasteiger partial charge is 0.736 e. The van der Waals surface area contributed by atoms with E-state index in [4.69, 9.17) is 9.05 Å². The van der Waals surface area contributed by atoms with Crippen LogP contribution < -0.4 is 43.5 Å². The molecule has 156 valence electrons. The summed E-state index contributed by atoms with van der Waals surface area (Å²) >= 11 is 0. The third-order valence-electron chi connectivity index (χ3n) is 4.61. The Labute approximate surface area is 205 Å². The summed E-state index contributed by atoms with van der Waals surface area (Å²) in [5.74, 6) is 0.467. The number of phosphoric acid groups is 1. The quantitative estimate of drug-likeness (QED) is 0.287. The SMILES string of the molecule is CCc1cc(C)cc(OP(=O)([O-])Oc2ccc(CCC(=O)c3ccccc3)cc2)c1.[Na+]. The van der Waals surface area contributed by atoms with E-state index in [1.54, 1.807) is 48.5 Å². The van der Waals surface area contributed by atoms with Gasteiger partial charge < -0.3 is 13.9 Å². The Morgan fingerprint density at radius 2 is 1.55 bits per heavy atom. The van der Waals surface area contributed by atoms with E-state index in [0.717, 1.165) is 23.1 Å². The minimum absolute atomic E-state index is 0. The molecule has 3 aromatic carbocycles. The van der Waals surface area contributed by atoms with E-state index >= 15 is 0 Å². The van der Waals surface area contributed by atoms with E-state index in [1.165, 1.54) is 0 Å². The molecule has 5 nitrogen and oxygen atoms in total. The molecule has 3 rings (SSSR count). The first-order valence-corrected chi connectivity index (χ1v) is 11.3. The number of Topliss-reactive ketones (excluding diaryl/α,β-unsaturated/α-hetero) is 1. The molecule has 0 amide bonds. The van der Waals surface area contributed by atoms with Gasteiger partial charge in [0, 0.05) is 12.0 Å². The van der Waals surface area contributed by atoms with Gasteiger partial charge in [0.1, 0.15) is 11.5 Å². The third kappa shape index (κ3) is 7.95. The van der Waals surface area contributed by atoms with Gasteiger partial charge in [0.2, 0.25) is 0 Å². The van der Waals surface area contributed by atoms with Crippen molar-refractivity contribution < 1.29 is 52.9 Å². The summed E-state index contributed by atoms with van der Waals surface area (Å²) in [6, 6.07) is 21.1. The van der Waals surface area contributed by atoms with Gasteiger partial charge in [0.25, 0.3) is 0 Å². The van der Waals surface area contributed by atoms with Gasteiger partial charge in [-0.1, -0.05) is 55.5 Å². The Kier molecular flexibility index (Phi) is 9.54. The molecule has 31 heavy (non-hydrogen) atoms. The fourth-order valence-corrected chi connectivity index (χ4v) is 3.88. The van der Waals surface area contributed by atoms with Crippen molar-refractivity contribution in [1.29, 1.82) is 0 Å². The van der Waals surface area contributed by atoms with Crippen molar-refractivity contribution in [3.8, 4) is 11.5 Å². The molecule has 0 aliphatic rings. The van der Waals surface area contributed by atoms with Gasteiger partial charge >= 0.3 is 37.4 Å². The maximum absolute atomic E-state index is 12.3. The standard InChI is InChI=1S/C24H25O5P.Na/c1-3-19-15-18(2)16-23(17-19)29-30(26,27)28-22-12-9-20(10-13-22)11-14-24(25)21-7-5-4-6-8-21;/h4-10,12-13,15-17H,3,11,14H2,1-2H3,(H,26,27);/q;+1/p-1. The fraction of sp³-hybridized carbons (Fsp3) is 0.208. The molecule has 0 saturated heterocycles. The first-order valence-electron chi connectivity index (χ1n) is 9.82. The Balaban J connectivity index is 0.00000341. The maximum Gasteiger partial charge on any atom is 1.00 e. The summed E-state index contributed by atoms with van der Waals surface area (Å²) in [5, 5.41) is 0. The average molecular weight is 446 g/mol. The predicted molar refractivity (Wildman–Crippen MR) is 115 cm³/mol. The van der Waals surface area contributed by atoms with Gasteiger partial charge in [-0.25, -0.2) is 4.57 Å². The van der Waals surface area contributed by atoms with Gasteiger partial charge in [-0.2, -0.15) is 0 Å². The molecule has 7 heteroatoms. The van der Waals surface area contributed by atoms with E-state index in [2.05, 4.69) is 0 Å². The van der Waals surface area contributed by atoms with Crippen molar-refractivity contribution in [2.24, 2.45) is 0 Å². The predicted octanol–water partition coefficient (Wildman–Crippen LogP) is 2.30. The summed E-state index contributed by atoms with van der Waals surface area (Å²) in [6.45, 7) is 3.87. The molecule has 0 saturated carbocycles. The van der Waals surface area contributed by atoms with Crippen LogP contribution >= 0.6 is 7.82 Å². The number of rotatable bonds is 9. The number of aryl methyl sites for hydroxylation is 3. The second kappa shape index (κ2) is 11.7. The van der Waals surface area contributed by atoms with Gasteiger partial charge in [-0.3, -0.25) is 4.79 Å². The van der Waals surface area contributed by atoms with Gasteiger partial charge in [-0.05, 0) is 60.7 Å². The molecule has 0 aliphatic carbocycles. The number of ketones is 1. The van der Waals surface area contributed by atoms with E-state index in [0.29, 0.717) is 18.4 Å². The zero-order valence-corrected chi connectivity index (χ0v) is 20.9. The van der Waals surface area contributed by atoms with Crippen LogP contribution in [-0.4, -0.2) is 5.78 Å². The van der Waals surface area contributed by atoms with Crippen LogP contribution in [0.4, 0.5) is 0 Å². The average Bonchev–Trinajstić information content (AvgIpc) is 2.72. The Bertz CT molecular complexity index is 1050. The largest absolute Gasteiger partial charge is 1.00 e. The van der Waals surface area contributed by atoms with Crippen LogP contribution in [0.15, 0.2) is 72.8 Å². The Hall–Kier alpha value is -1.88. The van der Waals surface area contributed by atoms with Gasteiger partial charge in [-0.15, -0.1) is 0 Å². The van der Waals surface area contributed by atoms with Crippen molar-refractivity contribution in [1.82, 2.24) is 0 Å². The van der Waals surface area contributed by atoms with Crippen molar-refractivity contribution in [3.05, 3.63) is 95.1 Å². The van der Waals surface area contributed by atoms with Crippen molar-refractivity contribution in [3.63, 3.8) is 0 Å². The molecule has 0 spiro atoms. The molecule has 0 bridgehead atoms. The molecule has 1 unspecified atom stereocenters. The number of benzene rings is 3. The number of phosphoric ester groups is 1. The van der Waals surface area contributed by atoms with Crippen molar-refractivity contribution in [2.45, 2.75) is 33.1 Å². The Morgan fingerprint density at radius 3 is 2.19 bits per heavy atom. The minimum Gasteiger partial charge on any atom is -0.736 e. The Morgan fingerprint density at radius 1 is 0.903 bits per heavy atom. The first-order chi connectivity index (χ1) is 14.3. The van der Waals surface area contributed by atoms with Crippen LogP contribution in [0.3, 0.4) is 0 Å². The van der Waals surface area contributed by atoms with E-state index < -0.39 is 7.82 Å². The monoisotopic (exact) mass is 446 g/mol. The molecule has 0 fully saturated rings. The van der Waals surface area contributed by atoms with Crippen LogP contribution in [0.1, 0.15) is 40.4 Å². The first kappa shape index (κ1) is 25.4. The topological polar surface area (TPSA) is 75.7 Å². The number of hydrogen-bond acceptors (Lipinski definition) is 5. The van der Waals surface area contributed by atoms with Crippen LogP contribution in [0.25, 0.3) is 0 Å². The van der Waals surface area contributed by atoms with Crippen LogP contribution in [0, 0.1) is 6.92 Å². The van der Waals surface area contributed by atoms with Crippen LogP contribution in [0.5, 0.6) is 11.5 Å². The zero-order chi connectivity index (χ0) is 21.6. The molecule has 0 N–H and O–H groups in total. The molecular formula is C24H24NaO5P. The van der Waals surface area contributed by atoms with Crippen LogP contribution in [0.2, 0.25) is 0 Å².